The zero-order chi connectivity index (χ0) is 21.8. The Morgan fingerprint density at radius 3 is 2.10 bits per heavy atom. The third kappa shape index (κ3) is 7.88. The Hall–Kier alpha value is -1.75. The molecule has 0 bridgehead atoms. The molecule has 2 unspecified atom stereocenters. The maximum Gasteiger partial charge on any atom is 0.410 e. The zero-order valence-electron chi connectivity index (χ0n) is 18.4. The van der Waals surface area contributed by atoms with Crippen LogP contribution in [0.25, 0.3) is 0 Å². The molecule has 0 saturated carbocycles. The molecule has 0 saturated heterocycles. The Labute approximate surface area is 180 Å². The summed E-state index contributed by atoms with van der Waals surface area (Å²) in [5.41, 5.74) is 0.949. The van der Waals surface area contributed by atoms with Crippen LogP contribution in [0.15, 0.2) is 24.3 Å². The minimum atomic E-state index is -0.753. The summed E-state index contributed by atoms with van der Waals surface area (Å²) in [6.45, 7) is 10.8. The third-order valence-corrected chi connectivity index (χ3v) is 5.18. The summed E-state index contributed by atoms with van der Waals surface area (Å²) in [4.78, 5) is 27.5. The van der Waals surface area contributed by atoms with Crippen molar-refractivity contribution in [3.8, 4) is 0 Å². The SMILES string of the molecule is CCCCCCN(C(=O)OCC)C(C(=O)OCC)C(c1ccc(Cl)cc1)C(C)C. The van der Waals surface area contributed by atoms with Gasteiger partial charge in [-0.25, -0.2) is 9.59 Å². The van der Waals surface area contributed by atoms with Gasteiger partial charge in [-0.15, -0.1) is 0 Å². The molecule has 0 aromatic heterocycles. The lowest BCUT2D eigenvalue weighted by atomic mass is 9.81. The first-order valence-electron chi connectivity index (χ1n) is 10.7. The van der Waals surface area contributed by atoms with Crippen molar-refractivity contribution in [2.24, 2.45) is 5.92 Å². The second kappa shape index (κ2) is 13.5. The number of benzene rings is 1. The Morgan fingerprint density at radius 1 is 0.966 bits per heavy atom. The van der Waals surface area contributed by atoms with Crippen molar-refractivity contribution >= 4 is 23.7 Å². The van der Waals surface area contributed by atoms with Crippen LogP contribution in [0.1, 0.15) is 71.8 Å². The maximum atomic E-state index is 13.1. The smallest absolute Gasteiger partial charge is 0.410 e. The number of halogens is 1. The van der Waals surface area contributed by atoms with Crippen molar-refractivity contribution in [1.29, 1.82) is 0 Å². The highest BCUT2D eigenvalue weighted by atomic mass is 35.5. The largest absolute Gasteiger partial charge is 0.464 e. The second-order valence-corrected chi connectivity index (χ2v) is 7.91. The van der Waals surface area contributed by atoms with Gasteiger partial charge in [0.25, 0.3) is 0 Å². The molecule has 1 aromatic carbocycles. The number of hydrogen-bond donors (Lipinski definition) is 0. The van der Waals surface area contributed by atoms with Gasteiger partial charge < -0.3 is 9.47 Å². The van der Waals surface area contributed by atoms with E-state index in [0.29, 0.717) is 11.6 Å². The molecule has 0 fully saturated rings. The van der Waals surface area contributed by atoms with Crippen LogP contribution in [0.3, 0.4) is 0 Å². The lowest BCUT2D eigenvalue weighted by Crippen LogP contribution is -2.51. The van der Waals surface area contributed by atoms with E-state index in [9.17, 15) is 9.59 Å². The number of rotatable bonds is 12. The Balaban J connectivity index is 3.34. The van der Waals surface area contributed by atoms with Gasteiger partial charge in [-0.2, -0.15) is 0 Å². The normalized spacial score (nSPS) is 13.1. The van der Waals surface area contributed by atoms with Crippen molar-refractivity contribution in [3.63, 3.8) is 0 Å². The first-order chi connectivity index (χ1) is 13.9. The Kier molecular flexibility index (Phi) is 11.7. The Morgan fingerprint density at radius 2 is 1.59 bits per heavy atom. The quantitative estimate of drug-likeness (QED) is 0.302. The molecule has 1 amide bonds. The van der Waals surface area contributed by atoms with Gasteiger partial charge in [0.05, 0.1) is 13.2 Å². The van der Waals surface area contributed by atoms with Crippen LogP contribution < -0.4 is 0 Å². The number of unbranched alkanes of at least 4 members (excludes halogenated alkanes) is 3. The number of amides is 1. The molecule has 1 rings (SSSR count). The average Bonchev–Trinajstić information content (AvgIpc) is 2.68. The first kappa shape index (κ1) is 25.3. The van der Waals surface area contributed by atoms with Gasteiger partial charge in [0.2, 0.25) is 0 Å². The number of carbonyl (C=O) groups is 2. The predicted molar refractivity (Wildman–Crippen MR) is 117 cm³/mol. The van der Waals surface area contributed by atoms with Crippen LogP contribution in [0.4, 0.5) is 4.79 Å². The highest BCUT2D eigenvalue weighted by Crippen LogP contribution is 2.33. The van der Waals surface area contributed by atoms with E-state index in [4.69, 9.17) is 21.1 Å². The number of ether oxygens (including phenoxy) is 2. The highest BCUT2D eigenvalue weighted by molar-refractivity contribution is 6.30. The van der Waals surface area contributed by atoms with Crippen LogP contribution >= 0.6 is 11.6 Å². The molecule has 0 aliphatic carbocycles. The van der Waals surface area contributed by atoms with Gasteiger partial charge in [-0.3, -0.25) is 4.90 Å². The van der Waals surface area contributed by atoms with E-state index >= 15 is 0 Å². The van der Waals surface area contributed by atoms with Crippen LogP contribution in [-0.2, 0) is 14.3 Å². The predicted octanol–water partition coefficient (Wildman–Crippen LogP) is 6.05. The minimum Gasteiger partial charge on any atom is -0.464 e. The second-order valence-electron chi connectivity index (χ2n) is 7.47. The van der Waals surface area contributed by atoms with E-state index in [1.807, 2.05) is 38.1 Å². The number of nitrogens with zero attached hydrogens (tertiary/aromatic N) is 1. The van der Waals surface area contributed by atoms with Gasteiger partial charge in [0.1, 0.15) is 6.04 Å². The summed E-state index contributed by atoms with van der Waals surface area (Å²) in [7, 11) is 0. The summed E-state index contributed by atoms with van der Waals surface area (Å²) in [5.74, 6) is -0.537. The molecule has 0 heterocycles. The summed E-state index contributed by atoms with van der Waals surface area (Å²) < 4.78 is 10.7. The van der Waals surface area contributed by atoms with E-state index in [1.54, 1.807) is 18.7 Å². The summed E-state index contributed by atoms with van der Waals surface area (Å²) >= 11 is 6.06. The summed E-state index contributed by atoms with van der Waals surface area (Å²) in [5, 5.41) is 0.630. The molecule has 0 aliphatic rings. The van der Waals surface area contributed by atoms with Gasteiger partial charge in [0.15, 0.2) is 0 Å². The van der Waals surface area contributed by atoms with Gasteiger partial charge >= 0.3 is 12.1 Å². The lowest BCUT2D eigenvalue weighted by Gasteiger charge is -2.37. The number of carbonyl (C=O) groups excluding carboxylic acids is 2. The molecule has 0 spiro atoms. The van der Waals surface area contributed by atoms with Crippen LogP contribution in [-0.4, -0.2) is 42.8 Å². The van der Waals surface area contributed by atoms with Crippen LogP contribution in [0.2, 0.25) is 5.02 Å². The van der Waals surface area contributed by atoms with Crippen LogP contribution in [0, 0.1) is 5.92 Å². The monoisotopic (exact) mass is 425 g/mol. The maximum absolute atomic E-state index is 13.1. The molecule has 0 radical (unpaired) electrons. The van der Waals surface area contributed by atoms with Crippen LogP contribution in [0.5, 0.6) is 0 Å². The highest BCUT2D eigenvalue weighted by Gasteiger charge is 2.40. The molecule has 29 heavy (non-hydrogen) atoms. The molecule has 164 valence electrons. The van der Waals surface area contributed by atoms with E-state index in [1.165, 1.54) is 0 Å². The molecule has 0 N–H and O–H groups in total. The summed E-state index contributed by atoms with van der Waals surface area (Å²) in [6, 6.07) is 6.70. The molecular formula is C23H36ClNO4. The third-order valence-electron chi connectivity index (χ3n) is 4.93. The van der Waals surface area contributed by atoms with E-state index in [-0.39, 0.29) is 25.0 Å². The van der Waals surface area contributed by atoms with E-state index in [2.05, 4.69) is 6.92 Å². The standard InChI is InChI=1S/C23H36ClNO4/c1-6-9-10-11-16-25(23(27)29-8-3)21(22(26)28-7-2)20(17(4)5)18-12-14-19(24)15-13-18/h12-15,17,20-21H,6-11,16H2,1-5H3. The van der Waals surface area contributed by atoms with Crippen molar-refractivity contribution < 1.29 is 19.1 Å². The van der Waals surface area contributed by atoms with E-state index in [0.717, 1.165) is 31.2 Å². The topological polar surface area (TPSA) is 55.8 Å². The fraction of sp³-hybridized carbons (Fsp3) is 0.652. The van der Waals surface area contributed by atoms with E-state index < -0.39 is 18.1 Å². The molecule has 2 atom stereocenters. The molecule has 6 heteroatoms. The Bertz CT molecular complexity index is 618. The van der Waals surface area contributed by atoms with Gasteiger partial charge in [-0.05, 0) is 43.9 Å². The number of esters is 1. The van der Waals surface area contributed by atoms with Crippen molar-refractivity contribution in [2.75, 3.05) is 19.8 Å². The fourth-order valence-corrected chi connectivity index (χ4v) is 3.70. The fourth-order valence-electron chi connectivity index (χ4n) is 3.57. The lowest BCUT2D eigenvalue weighted by molar-refractivity contribution is -0.150. The minimum absolute atomic E-state index is 0.0955. The molecule has 0 aliphatic heterocycles. The van der Waals surface area contributed by atoms with Crippen molar-refractivity contribution in [2.45, 2.75) is 72.3 Å². The molecular weight excluding hydrogens is 390 g/mol. The van der Waals surface area contributed by atoms with Crippen molar-refractivity contribution in [3.05, 3.63) is 34.9 Å². The van der Waals surface area contributed by atoms with Gasteiger partial charge in [0, 0.05) is 17.5 Å². The average molecular weight is 426 g/mol. The summed E-state index contributed by atoms with van der Waals surface area (Å²) in [6.07, 6.45) is 3.52. The molecule has 5 nitrogen and oxygen atoms in total. The first-order valence-corrected chi connectivity index (χ1v) is 11.1. The zero-order valence-corrected chi connectivity index (χ0v) is 19.2. The van der Waals surface area contributed by atoms with Crippen molar-refractivity contribution in [1.82, 2.24) is 4.90 Å². The van der Waals surface area contributed by atoms with Gasteiger partial charge in [-0.1, -0.05) is 63.8 Å². The number of hydrogen-bond acceptors (Lipinski definition) is 4. The molecule has 1 aromatic rings.